The van der Waals surface area contributed by atoms with E-state index < -0.39 is 32.3 Å². The van der Waals surface area contributed by atoms with Gasteiger partial charge >= 0.3 is 5.97 Å². The highest BCUT2D eigenvalue weighted by atomic mass is 32.2. The Labute approximate surface area is 119 Å². The zero-order valence-electron chi connectivity index (χ0n) is 10.8. The standard InChI is InChI=1S/C9H14N4O5S2/c1-3-4-6(7(15)16)13-20(17,18)9-12-11-8(19-9)10-5(2)14/h6,13H,3-4H2,1-2H3,(H,15,16)(H,10,11,14)/t6-/m1/s1. The number of carbonyl (C=O) groups is 2. The maximum Gasteiger partial charge on any atom is 0.321 e. The Bertz CT molecular complexity index is 597. The summed E-state index contributed by atoms with van der Waals surface area (Å²) in [6, 6.07) is -1.22. The average Bonchev–Trinajstić information content (AvgIpc) is 2.76. The molecular formula is C9H14N4O5S2. The Morgan fingerprint density at radius 3 is 2.55 bits per heavy atom. The van der Waals surface area contributed by atoms with E-state index in [1.807, 2.05) is 4.72 Å². The second kappa shape index (κ2) is 6.72. The molecule has 9 nitrogen and oxygen atoms in total. The van der Waals surface area contributed by atoms with Crippen LogP contribution in [0.4, 0.5) is 5.13 Å². The van der Waals surface area contributed by atoms with Crippen LogP contribution in [0.25, 0.3) is 0 Å². The molecule has 0 aliphatic rings. The lowest BCUT2D eigenvalue weighted by Gasteiger charge is -2.11. The fourth-order valence-corrected chi connectivity index (χ4v) is 3.46. The number of aromatic nitrogens is 2. The molecule has 1 rings (SSSR count). The van der Waals surface area contributed by atoms with Crippen LogP contribution in [0.3, 0.4) is 0 Å². The number of rotatable bonds is 7. The first kappa shape index (κ1) is 16.5. The van der Waals surface area contributed by atoms with Crippen LogP contribution < -0.4 is 10.0 Å². The van der Waals surface area contributed by atoms with Crippen LogP contribution in [0.2, 0.25) is 0 Å². The van der Waals surface area contributed by atoms with E-state index in [0.717, 1.165) is 0 Å². The molecule has 0 unspecified atom stereocenters. The van der Waals surface area contributed by atoms with Crippen LogP contribution in [-0.4, -0.2) is 41.6 Å². The van der Waals surface area contributed by atoms with Crippen molar-refractivity contribution in [2.45, 2.75) is 37.1 Å². The van der Waals surface area contributed by atoms with Crippen molar-refractivity contribution in [1.82, 2.24) is 14.9 Å². The molecule has 0 saturated carbocycles. The van der Waals surface area contributed by atoms with Gasteiger partial charge in [0.1, 0.15) is 6.04 Å². The van der Waals surface area contributed by atoms with E-state index in [-0.39, 0.29) is 11.6 Å². The topological polar surface area (TPSA) is 138 Å². The molecule has 112 valence electrons. The minimum Gasteiger partial charge on any atom is -0.480 e. The SMILES string of the molecule is CCC[C@@H](NS(=O)(=O)c1nnc(NC(C)=O)s1)C(=O)O. The molecule has 1 atom stereocenters. The van der Waals surface area contributed by atoms with Crippen molar-refractivity contribution in [2.24, 2.45) is 0 Å². The zero-order chi connectivity index (χ0) is 15.3. The van der Waals surface area contributed by atoms with E-state index in [2.05, 4.69) is 15.5 Å². The lowest BCUT2D eigenvalue weighted by atomic mass is 10.2. The van der Waals surface area contributed by atoms with Gasteiger partial charge in [-0.25, -0.2) is 8.42 Å². The molecule has 20 heavy (non-hydrogen) atoms. The summed E-state index contributed by atoms with van der Waals surface area (Å²) in [5.41, 5.74) is 0. The summed E-state index contributed by atoms with van der Waals surface area (Å²) >= 11 is 0.642. The van der Waals surface area contributed by atoms with Crippen LogP contribution >= 0.6 is 11.3 Å². The van der Waals surface area contributed by atoms with E-state index in [0.29, 0.717) is 17.8 Å². The maximum atomic E-state index is 11.9. The third-order valence-corrected chi connectivity index (χ3v) is 4.77. The highest BCUT2D eigenvalue weighted by Crippen LogP contribution is 2.20. The smallest absolute Gasteiger partial charge is 0.321 e. The molecule has 0 saturated heterocycles. The number of nitrogens with zero attached hydrogens (tertiary/aromatic N) is 2. The fraction of sp³-hybridized carbons (Fsp3) is 0.556. The van der Waals surface area contributed by atoms with Crippen LogP contribution in [0, 0.1) is 0 Å². The number of anilines is 1. The molecule has 11 heteroatoms. The maximum absolute atomic E-state index is 11.9. The van der Waals surface area contributed by atoms with E-state index in [4.69, 9.17) is 5.11 Å². The van der Waals surface area contributed by atoms with Gasteiger partial charge in [0.05, 0.1) is 0 Å². The molecule has 0 radical (unpaired) electrons. The van der Waals surface area contributed by atoms with Crippen molar-refractivity contribution in [3.63, 3.8) is 0 Å². The van der Waals surface area contributed by atoms with Gasteiger partial charge in [0.15, 0.2) is 0 Å². The summed E-state index contributed by atoms with van der Waals surface area (Å²) in [5, 5.41) is 18.2. The van der Waals surface area contributed by atoms with Gasteiger partial charge in [-0.1, -0.05) is 24.7 Å². The molecule has 1 amide bonds. The third kappa shape index (κ3) is 4.51. The predicted octanol–water partition coefficient (Wildman–Crippen LogP) is 0.0281. The highest BCUT2D eigenvalue weighted by Gasteiger charge is 2.27. The number of hydrogen-bond acceptors (Lipinski definition) is 7. The zero-order valence-corrected chi connectivity index (χ0v) is 12.4. The number of amides is 1. The quantitative estimate of drug-likeness (QED) is 0.602. The predicted molar refractivity (Wildman–Crippen MR) is 70.9 cm³/mol. The molecule has 0 fully saturated rings. The monoisotopic (exact) mass is 322 g/mol. The number of carboxylic acids is 1. The molecule has 0 aromatic carbocycles. The van der Waals surface area contributed by atoms with Crippen LogP contribution in [0.15, 0.2) is 4.34 Å². The van der Waals surface area contributed by atoms with Gasteiger partial charge in [-0.3, -0.25) is 9.59 Å². The summed E-state index contributed by atoms with van der Waals surface area (Å²) < 4.78 is 25.5. The largest absolute Gasteiger partial charge is 0.480 e. The summed E-state index contributed by atoms with van der Waals surface area (Å²) in [6.07, 6.45) is 0.665. The number of nitrogens with one attached hydrogen (secondary N) is 2. The van der Waals surface area contributed by atoms with Gasteiger partial charge in [-0.2, -0.15) is 4.72 Å². The van der Waals surface area contributed by atoms with Crippen molar-refractivity contribution in [3.05, 3.63) is 0 Å². The van der Waals surface area contributed by atoms with E-state index >= 15 is 0 Å². The summed E-state index contributed by atoms with van der Waals surface area (Å²) in [5.74, 6) is -1.67. The van der Waals surface area contributed by atoms with Crippen molar-refractivity contribution in [2.75, 3.05) is 5.32 Å². The van der Waals surface area contributed by atoms with Gasteiger partial charge in [0.2, 0.25) is 15.4 Å². The Balaban J connectivity index is 2.90. The second-order valence-electron chi connectivity index (χ2n) is 3.86. The van der Waals surface area contributed by atoms with Gasteiger partial charge < -0.3 is 10.4 Å². The minimum atomic E-state index is -4.08. The average molecular weight is 322 g/mol. The first-order valence-electron chi connectivity index (χ1n) is 5.62. The number of aliphatic carboxylic acids is 1. The van der Waals surface area contributed by atoms with Gasteiger partial charge in [-0.05, 0) is 6.42 Å². The molecule has 3 N–H and O–H groups in total. The number of carboxylic acid groups (broad SMARTS) is 1. The normalized spacial score (nSPS) is 12.9. The Morgan fingerprint density at radius 2 is 2.05 bits per heavy atom. The minimum absolute atomic E-state index is 0.0280. The lowest BCUT2D eigenvalue weighted by Crippen LogP contribution is -2.40. The molecule has 1 aromatic rings. The molecule has 1 aromatic heterocycles. The molecule has 0 spiro atoms. The first-order chi connectivity index (χ1) is 9.26. The first-order valence-corrected chi connectivity index (χ1v) is 7.92. The number of sulfonamides is 1. The molecule has 0 aliphatic heterocycles. The third-order valence-electron chi connectivity index (χ3n) is 2.09. The Hall–Kier alpha value is -1.59. The van der Waals surface area contributed by atoms with Crippen molar-refractivity contribution >= 4 is 38.4 Å². The molecule has 0 aliphatic carbocycles. The van der Waals surface area contributed by atoms with E-state index in [1.165, 1.54) is 6.92 Å². The summed E-state index contributed by atoms with van der Waals surface area (Å²) in [6.45, 7) is 2.99. The number of hydrogen-bond donors (Lipinski definition) is 3. The summed E-state index contributed by atoms with van der Waals surface area (Å²) in [4.78, 5) is 21.7. The van der Waals surface area contributed by atoms with E-state index in [1.54, 1.807) is 6.92 Å². The van der Waals surface area contributed by atoms with Crippen LogP contribution in [0.5, 0.6) is 0 Å². The van der Waals surface area contributed by atoms with E-state index in [9.17, 15) is 18.0 Å². The van der Waals surface area contributed by atoms with Crippen LogP contribution in [-0.2, 0) is 19.6 Å². The lowest BCUT2D eigenvalue weighted by molar-refractivity contribution is -0.139. The second-order valence-corrected chi connectivity index (χ2v) is 6.72. The summed E-state index contributed by atoms with van der Waals surface area (Å²) in [7, 11) is -4.08. The Morgan fingerprint density at radius 1 is 1.40 bits per heavy atom. The molecule has 1 heterocycles. The molecule has 0 bridgehead atoms. The number of carbonyl (C=O) groups excluding carboxylic acids is 1. The van der Waals surface area contributed by atoms with Gasteiger partial charge in [-0.15, -0.1) is 10.2 Å². The highest BCUT2D eigenvalue weighted by molar-refractivity contribution is 7.91. The van der Waals surface area contributed by atoms with Crippen LogP contribution in [0.1, 0.15) is 26.7 Å². The Kier molecular flexibility index (Phi) is 5.53. The van der Waals surface area contributed by atoms with Gasteiger partial charge in [0, 0.05) is 6.92 Å². The fourth-order valence-electron chi connectivity index (χ4n) is 1.28. The van der Waals surface area contributed by atoms with Gasteiger partial charge in [0.25, 0.3) is 10.0 Å². The van der Waals surface area contributed by atoms with Crippen molar-refractivity contribution in [1.29, 1.82) is 0 Å². The van der Waals surface area contributed by atoms with Crippen molar-refractivity contribution in [3.8, 4) is 0 Å². The molecular weight excluding hydrogens is 308 g/mol. The van der Waals surface area contributed by atoms with Crippen molar-refractivity contribution < 1.29 is 23.1 Å².